The van der Waals surface area contributed by atoms with Gasteiger partial charge in [0.2, 0.25) is 0 Å². The highest BCUT2D eigenvalue weighted by molar-refractivity contribution is 5.95. The first-order valence-electron chi connectivity index (χ1n) is 6.89. The van der Waals surface area contributed by atoms with Gasteiger partial charge in [0.25, 0.3) is 0 Å². The van der Waals surface area contributed by atoms with Crippen molar-refractivity contribution < 1.29 is 4.74 Å². The van der Waals surface area contributed by atoms with Gasteiger partial charge in [-0.05, 0) is 24.3 Å². The molecule has 0 bridgehead atoms. The Bertz CT molecular complexity index is 751. The second-order valence-electron chi connectivity index (χ2n) is 5.01. The number of rotatable bonds is 2. The number of nitrogens with zero attached hydrogens (tertiary/aromatic N) is 3. The van der Waals surface area contributed by atoms with Gasteiger partial charge < -0.3 is 14.5 Å². The topological polar surface area (TPSA) is 28.1 Å². The lowest BCUT2D eigenvalue weighted by molar-refractivity contribution is 0.415. The van der Waals surface area contributed by atoms with E-state index in [0.29, 0.717) is 0 Å². The number of anilines is 2. The highest BCUT2D eigenvalue weighted by Crippen LogP contribution is 2.39. The third-order valence-corrected chi connectivity index (χ3v) is 3.80. The highest BCUT2D eigenvalue weighted by Gasteiger charge is 2.27. The van der Waals surface area contributed by atoms with Crippen LogP contribution in [0.3, 0.4) is 0 Å². The molecule has 0 N–H and O–H groups in total. The fourth-order valence-electron chi connectivity index (χ4n) is 2.77. The van der Waals surface area contributed by atoms with Crippen LogP contribution < -0.4 is 14.5 Å². The van der Waals surface area contributed by atoms with E-state index in [1.165, 1.54) is 0 Å². The maximum Gasteiger partial charge on any atom is 0.142 e. The van der Waals surface area contributed by atoms with E-state index in [1.54, 1.807) is 7.11 Å². The van der Waals surface area contributed by atoms with Crippen molar-refractivity contribution in [2.75, 3.05) is 23.6 Å². The van der Waals surface area contributed by atoms with Gasteiger partial charge in [0.05, 0.1) is 42.8 Å². The Morgan fingerprint density at radius 1 is 1.00 bits per heavy atom. The molecule has 2 heterocycles. The molecule has 0 fully saturated rings. The van der Waals surface area contributed by atoms with Gasteiger partial charge in [-0.1, -0.05) is 24.3 Å². The smallest absolute Gasteiger partial charge is 0.142 e. The van der Waals surface area contributed by atoms with E-state index in [1.807, 2.05) is 42.6 Å². The van der Waals surface area contributed by atoms with Crippen LogP contribution in [0, 0.1) is 0 Å². The second kappa shape index (κ2) is 4.66. The normalized spacial score (nSPS) is 15.6. The minimum absolute atomic E-state index is 0.763. The fraction of sp³-hybridized carbons (Fsp3) is 0.118. The van der Waals surface area contributed by atoms with Crippen LogP contribution in [0.25, 0.3) is 0 Å². The summed E-state index contributed by atoms with van der Waals surface area (Å²) in [5.41, 5.74) is 4.31. The largest absolute Gasteiger partial charge is 0.495 e. The standard InChI is InChI=1S/C17H15N3O/c1-21-17-9-5-4-8-16(17)19-11-13-10-18-14-6-2-3-7-15(14)20(13)12-19/h2-11H,12H2,1H3. The van der Waals surface area contributed by atoms with Gasteiger partial charge in [0.1, 0.15) is 5.75 Å². The van der Waals surface area contributed by atoms with Gasteiger partial charge in [-0.25, -0.2) is 0 Å². The summed E-state index contributed by atoms with van der Waals surface area (Å²) in [6, 6.07) is 16.2. The number of ether oxygens (including phenoxy) is 1. The molecule has 0 aliphatic carbocycles. The Hall–Kier alpha value is -2.75. The van der Waals surface area contributed by atoms with Crippen LogP contribution in [-0.4, -0.2) is 20.0 Å². The summed E-state index contributed by atoms with van der Waals surface area (Å²) in [6.45, 7) is 0.763. The van der Waals surface area contributed by atoms with Gasteiger partial charge in [-0.2, -0.15) is 0 Å². The summed E-state index contributed by atoms with van der Waals surface area (Å²) in [4.78, 5) is 8.96. The molecular weight excluding hydrogens is 262 g/mol. The molecule has 4 nitrogen and oxygen atoms in total. The Labute approximate surface area is 123 Å². The number of aliphatic imine (C=N–C) groups is 1. The number of para-hydroxylation sites is 4. The molecule has 0 amide bonds. The van der Waals surface area contributed by atoms with E-state index < -0.39 is 0 Å². The number of allylic oxidation sites excluding steroid dienone is 1. The monoisotopic (exact) mass is 277 g/mol. The molecule has 104 valence electrons. The average Bonchev–Trinajstić information content (AvgIpc) is 2.99. The van der Waals surface area contributed by atoms with Gasteiger partial charge in [-0.3, -0.25) is 4.99 Å². The first-order valence-corrected chi connectivity index (χ1v) is 6.89. The molecule has 0 saturated heterocycles. The third kappa shape index (κ3) is 1.88. The van der Waals surface area contributed by atoms with Crippen LogP contribution in [0.5, 0.6) is 5.75 Å². The first kappa shape index (κ1) is 12.0. The van der Waals surface area contributed by atoms with Crippen molar-refractivity contribution in [1.82, 2.24) is 0 Å². The molecule has 0 aromatic heterocycles. The number of hydrogen-bond donors (Lipinski definition) is 0. The number of benzene rings is 2. The minimum atomic E-state index is 0.763. The van der Waals surface area contributed by atoms with Crippen LogP contribution in [0.4, 0.5) is 17.1 Å². The van der Waals surface area contributed by atoms with E-state index >= 15 is 0 Å². The van der Waals surface area contributed by atoms with Crippen molar-refractivity contribution in [3.63, 3.8) is 0 Å². The average molecular weight is 277 g/mol. The van der Waals surface area contributed by atoms with Crippen molar-refractivity contribution >= 4 is 23.3 Å². The highest BCUT2D eigenvalue weighted by atomic mass is 16.5. The van der Waals surface area contributed by atoms with E-state index in [4.69, 9.17) is 4.74 Å². The van der Waals surface area contributed by atoms with Gasteiger partial charge in [-0.15, -0.1) is 0 Å². The molecule has 2 aromatic rings. The number of hydrogen-bond acceptors (Lipinski definition) is 4. The second-order valence-corrected chi connectivity index (χ2v) is 5.01. The molecule has 2 aliphatic heterocycles. The molecule has 0 spiro atoms. The fourth-order valence-corrected chi connectivity index (χ4v) is 2.77. The molecule has 2 aliphatic rings. The molecule has 4 heteroatoms. The zero-order chi connectivity index (χ0) is 14.2. The van der Waals surface area contributed by atoms with Gasteiger partial charge in [0.15, 0.2) is 0 Å². The Balaban J connectivity index is 1.73. The zero-order valence-electron chi connectivity index (χ0n) is 11.7. The summed E-state index contributed by atoms with van der Waals surface area (Å²) >= 11 is 0. The molecule has 2 aromatic carbocycles. The van der Waals surface area contributed by atoms with Crippen molar-refractivity contribution in [2.24, 2.45) is 4.99 Å². The lowest BCUT2D eigenvalue weighted by Crippen LogP contribution is -2.28. The Morgan fingerprint density at radius 2 is 1.76 bits per heavy atom. The van der Waals surface area contributed by atoms with E-state index in [0.717, 1.165) is 35.2 Å². The van der Waals surface area contributed by atoms with E-state index in [-0.39, 0.29) is 0 Å². The summed E-state index contributed by atoms with van der Waals surface area (Å²) in [5, 5.41) is 0. The Kier molecular flexibility index (Phi) is 2.67. The quantitative estimate of drug-likeness (QED) is 0.840. The van der Waals surface area contributed by atoms with Gasteiger partial charge >= 0.3 is 0 Å². The predicted molar refractivity (Wildman–Crippen MR) is 85.5 cm³/mol. The predicted octanol–water partition coefficient (Wildman–Crippen LogP) is 3.54. The third-order valence-electron chi connectivity index (χ3n) is 3.80. The molecular formula is C17H15N3O. The van der Waals surface area contributed by atoms with Crippen LogP contribution in [-0.2, 0) is 0 Å². The Morgan fingerprint density at radius 3 is 2.62 bits per heavy atom. The van der Waals surface area contributed by atoms with Crippen molar-refractivity contribution in [3.05, 3.63) is 60.4 Å². The minimum Gasteiger partial charge on any atom is -0.495 e. The lowest BCUT2D eigenvalue weighted by atomic mass is 10.2. The number of fused-ring (bicyclic) bond motifs is 3. The first-order chi connectivity index (χ1) is 10.4. The van der Waals surface area contributed by atoms with Crippen molar-refractivity contribution in [1.29, 1.82) is 0 Å². The molecule has 4 rings (SSSR count). The lowest BCUT2D eigenvalue weighted by Gasteiger charge is -2.26. The van der Waals surface area contributed by atoms with Crippen LogP contribution >= 0.6 is 0 Å². The van der Waals surface area contributed by atoms with Crippen molar-refractivity contribution in [3.8, 4) is 5.75 Å². The van der Waals surface area contributed by atoms with E-state index in [2.05, 4.69) is 33.1 Å². The maximum atomic E-state index is 5.46. The summed E-state index contributed by atoms with van der Waals surface area (Å²) < 4.78 is 5.46. The summed E-state index contributed by atoms with van der Waals surface area (Å²) in [6.07, 6.45) is 4.02. The maximum absolute atomic E-state index is 5.46. The van der Waals surface area contributed by atoms with Crippen LogP contribution in [0.1, 0.15) is 0 Å². The van der Waals surface area contributed by atoms with Crippen molar-refractivity contribution in [2.45, 2.75) is 0 Å². The number of methoxy groups -OCH3 is 1. The SMILES string of the molecule is COc1ccccc1N1C=C2C=Nc3ccccc3N2C1. The van der Waals surface area contributed by atoms with E-state index in [9.17, 15) is 0 Å². The van der Waals surface area contributed by atoms with Gasteiger partial charge in [0, 0.05) is 6.20 Å². The molecule has 0 radical (unpaired) electrons. The van der Waals surface area contributed by atoms with Crippen LogP contribution in [0.2, 0.25) is 0 Å². The molecule has 0 unspecified atom stereocenters. The summed E-state index contributed by atoms with van der Waals surface area (Å²) in [7, 11) is 1.70. The summed E-state index contributed by atoms with van der Waals surface area (Å²) in [5.74, 6) is 0.874. The zero-order valence-corrected chi connectivity index (χ0v) is 11.7. The molecule has 0 atom stereocenters. The van der Waals surface area contributed by atoms with Crippen LogP contribution in [0.15, 0.2) is 65.4 Å². The molecule has 0 saturated carbocycles. The molecule has 21 heavy (non-hydrogen) atoms.